The smallest absolute Gasteiger partial charge is 0.194 e. The SMILES string of the molecule is CN=C(NCCCc1ccc(O)cc1)N1CC(C)(C)C1(C)C.I. The first kappa shape index (κ1) is 20.1. The number of rotatable bonds is 4. The lowest BCUT2D eigenvalue weighted by molar-refractivity contribution is -0.0667. The maximum atomic E-state index is 9.29. The van der Waals surface area contributed by atoms with Gasteiger partial charge in [0.05, 0.1) is 0 Å². The zero-order valence-corrected chi connectivity index (χ0v) is 17.2. The molecule has 1 aliphatic rings. The van der Waals surface area contributed by atoms with Gasteiger partial charge in [0.2, 0.25) is 0 Å². The molecule has 0 aliphatic carbocycles. The lowest BCUT2D eigenvalue weighted by atomic mass is 9.65. The van der Waals surface area contributed by atoms with Gasteiger partial charge in [0.15, 0.2) is 5.96 Å². The van der Waals surface area contributed by atoms with Gasteiger partial charge < -0.3 is 15.3 Å². The van der Waals surface area contributed by atoms with Gasteiger partial charge in [-0.25, -0.2) is 0 Å². The summed E-state index contributed by atoms with van der Waals surface area (Å²) >= 11 is 0. The van der Waals surface area contributed by atoms with Crippen molar-refractivity contribution in [3.8, 4) is 5.75 Å². The normalized spacial score (nSPS) is 18.8. The van der Waals surface area contributed by atoms with E-state index in [-0.39, 0.29) is 29.5 Å². The molecule has 0 amide bonds. The Kier molecular flexibility index (Phi) is 6.74. The fourth-order valence-corrected chi connectivity index (χ4v) is 2.85. The minimum Gasteiger partial charge on any atom is -0.508 e. The van der Waals surface area contributed by atoms with E-state index in [4.69, 9.17) is 0 Å². The summed E-state index contributed by atoms with van der Waals surface area (Å²) in [6, 6.07) is 7.44. The molecule has 5 heteroatoms. The molecule has 1 fully saturated rings. The number of nitrogens with zero attached hydrogens (tertiary/aromatic N) is 2. The van der Waals surface area contributed by atoms with Crippen molar-refractivity contribution >= 4 is 29.9 Å². The van der Waals surface area contributed by atoms with E-state index >= 15 is 0 Å². The molecule has 0 aromatic heterocycles. The predicted molar refractivity (Wildman–Crippen MR) is 108 cm³/mol. The summed E-state index contributed by atoms with van der Waals surface area (Å²) in [5.41, 5.74) is 1.70. The van der Waals surface area contributed by atoms with E-state index in [0.717, 1.165) is 31.9 Å². The summed E-state index contributed by atoms with van der Waals surface area (Å²) < 4.78 is 0. The van der Waals surface area contributed by atoms with Gasteiger partial charge >= 0.3 is 0 Å². The molecule has 0 radical (unpaired) electrons. The Balaban J connectivity index is 0.00000264. The van der Waals surface area contributed by atoms with Crippen LogP contribution in [-0.2, 0) is 6.42 Å². The molecule has 130 valence electrons. The first-order valence-electron chi connectivity index (χ1n) is 8.04. The maximum Gasteiger partial charge on any atom is 0.194 e. The summed E-state index contributed by atoms with van der Waals surface area (Å²) in [7, 11) is 1.85. The molecule has 0 atom stereocenters. The van der Waals surface area contributed by atoms with Gasteiger partial charge in [0, 0.05) is 31.1 Å². The van der Waals surface area contributed by atoms with Gasteiger partial charge in [-0.1, -0.05) is 26.0 Å². The maximum absolute atomic E-state index is 9.29. The quantitative estimate of drug-likeness (QED) is 0.331. The van der Waals surface area contributed by atoms with E-state index in [1.807, 2.05) is 19.2 Å². The molecule has 1 aliphatic heterocycles. The van der Waals surface area contributed by atoms with Crippen LogP contribution >= 0.6 is 24.0 Å². The molecular weight excluding hydrogens is 401 g/mol. The first-order chi connectivity index (χ1) is 10.3. The fourth-order valence-electron chi connectivity index (χ4n) is 2.85. The Morgan fingerprint density at radius 1 is 1.22 bits per heavy atom. The van der Waals surface area contributed by atoms with E-state index in [0.29, 0.717) is 11.2 Å². The average Bonchev–Trinajstić information content (AvgIpc) is 2.47. The number of hydrogen-bond acceptors (Lipinski definition) is 2. The molecule has 0 bridgehead atoms. The number of aliphatic imine (C=N–C) groups is 1. The third kappa shape index (κ3) is 4.31. The number of likely N-dealkylation sites (tertiary alicyclic amines) is 1. The number of guanidine groups is 1. The van der Waals surface area contributed by atoms with E-state index in [1.54, 1.807) is 12.1 Å². The third-order valence-electron chi connectivity index (χ3n) is 5.21. The number of aromatic hydroxyl groups is 1. The van der Waals surface area contributed by atoms with Crippen LogP contribution in [0.1, 0.15) is 39.7 Å². The number of phenolic OH excluding ortho intramolecular Hbond substituents is 1. The highest BCUT2D eigenvalue weighted by atomic mass is 127. The van der Waals surface area contributed by atoms with E-state index < -0.39 is 0 Å². The Morgan fingerprint density at radius 2 is 1.83 bits per heavy atom. The zero-order chi connectivity index (χ0) is 16.4. The van der Waals surface area contributed by atoms with Crippen LogP contribution in [0.4, 0.5) is 0 Å². The van der Waals surface area contributed by atoms with E-state index in [2.05, 4.69) is 42.9 Å². The number of halogens is 1. The second-order valence-corrected chi connectivity index (χ2v) is 7.27. The van der Waals surface area contributed by atoms with Gasteiger partial charge in [-0.3, -0.25) is 4.99 Å². The van der Waals surface area contributed by atoms with Crippen molar-refractivity contribution in [2.24, 2.45) is 10.4 Å². The van der Waals surface area contributed by atoms with Crippen LogP contribution in [0.3, 0.4) is 0 Å². The number of hydrogen-bond donors (Lipinski definition) is 2. The molecule has 1 heterocycles. The molecule has 23 heavy (non-hydrogen) atoms. The molecule has 4 nitrogen and oxygen atoms in total. The monoisotopic (exact) mass is 431 g/mol. The highest BCUT2D eigenvalue weighted by molar-refractivity contribution is 14.0. The average molecular weight is 431 g/mol. The third-order valence-corrected chi connectivity index (χ3v) is 5.21. The van der Waals surface area contributed by atoms with Crippen LogP contribution < -0.4 is 5.32 Å². The topological polar surface area (TPSA) is 47.9 Å². The van der Waals surface area contributed by atoms with E-state index in [1.165, 1.54) is 5.56 Å². The molecule has 0 saturated carbocycles. The van der Waals surface area contributed by atoms with Crippen LogP contribution in [0, 0.1) is 5.41 Å². The van der Waals surface area contributed by atoms with Crippen LogP contribution in [0.5, 0.6) is 5.75 Å². The van der Waals surface area contributed by atoms with Crippen molar-refractivity contribution in [3.05, 3.63) is 29.8 Å². The summed E-state index contributed by atoms with van der Waals surface area (Å²) in [6.07, 6.45) is 2.04. The number of nitrogens with one attached hydrogen (secondary N) is 1. The molecule has 1 aromatic rings. The Morgan fingerprint density at radius 3 is 2.30 bits per heavy atom. The second kappa shape index (κ2) is 7.73. The lowest BCUT2D eigenvalue weighted by Gasteiger charge is -2.62. The van der Waals surface area contributed by atoms with Crippen molar-refractivity contribution < 1.29 is 5.11 Å². The van der Waals surface area contributed by atoms with Crippen LogP contribution in [0.15, 0.2) is 29.3 Å². The molecule has 1 aromatic carbocycles. The van der Waals surface area contributed by atoms with Crippen molar-refractivity contribution in [2.75, 3.05) is 20.1 Å². The van der Waals surface area contributed by atoms with Crippen LogP contribution in [-0.4, -0.2) is 41.6 Å². The first-order valence-corrected chi connectivity index (χ1v) is 8.04. The highest BCUT2D eigenvalue weighted by Gasteiger charge is 2.53. The summed E-state index contributed by atoms with van der Waals surface area (Å²) in [5, 5.41) is 12.8. The summed E-state index contributed by atoms with van der Waals surface area (Å²) in [5.74, 6) is 1.32. The number of benzene rings is 1. The molecule has 0 unspecified atom stereocenters. The van der Waals surface area contributed by atoms with Crippen LogP contribution in [0.2, 0.25) is 0 Å². The Bertz CT molecular complexity index is 538. The van der Waals surface area contributed by atoms with Gasteiger partial charge in [-0.15, -0.1) is 24.0 Å². The second-order valence-electron chi connectivity index (χ2n) is 7.27. The van der Waals surface area contributed by atoms with Crippen molar-refractivity contribution in [1.82, 2.24) is 10.2 Å². The van der Waals surface area contributed by atoms with Crippen molar-refractivity contribution in [2.45, 2.75) is 46.1 Å². The van der Waals surface area contributed by atoms with Gasteiger partial charge in [-0.05, 0) is 44.4 Å². The molecule has 2 N–H and O–H groups in total. The van der Waals surface area contributed by atoms with E-state index in [9.17, 15) is 5.11 Å². The summed E-state index contributed by atoms with van der Waals surface area (Å²) in [4.78, 5) is 6.78. The predicted octanol–water partition coefficient (Wildman–Crippen LogP) is 3.64. The van der Waals surface area contributed by atoms with Gasteiger partial charge in [-0.2, -0.15) is 0 Å². The molecule has 0 spiro atoms. The van der Waals surface area contributed by atoms with Crippen molar-refractivity contribution in [3.63, 3.8) is 0 Å². The largest absolute Gasteiger partial charge is 0.508 e. The highest BCUT2D eigenvalue weighted by Crippen LogP contribution is 2.46. The van der Waals surface area contributed by atoms with Gasteiger partial charge in [0.1, 0.15) is 5.75 Å². The Hall–Kier alpha value is -0.980. The molecule has 1 saturated heterocycles. The summed E-state index contributed by atoms with van der Waals surface area (Å²) in [6.45, 7) is 11.1. The number of phenols is 1. The Labute approximate surface area is 157 Å². The van der Waals surface area contributed by atoms with Crippen molar-refractivity contribution in [1.29, 1.82) is 0 Å². The lowest BCUT2D eigenvalue weighted by Crippen LogP contribution is -2.72. The molecule has 2 rings (SSSR count). The van der Waals surface area contributed by atoms with Gasteiger partial charge in [0.25, 0.3) is 0 Å². The standard InChI is InChI=1S/C18H29N3O.HI/c1-17(2)13-21(18(17,3)4)16(19-5)20-12-6-7-14-8-10-15(22)11-9-14;/h8-11,22H,6-7,12-13H2,1-5H3,(H,19,20);1H. The minimum atomic E-state index is 0. The number of aryl methyl sites for hydroxylation is 1. The minimum absolute atomic E-state index is 0. The molecular formula is C18H30IN3O. The fraction of sp³-hybridized carbons (Fsp3) is 0.611. The van der Waals surface area contributed by atoms with Crippen LogP contribution in [0.25, 0.3) is 0 Å². The zero-order valence-electron chi connectivity index (χ0n) is 14.9.